The van der Waals surface area contributed by atoms with Crippen LogP contribution in [0.3, 0.4) is 0 Å². The molecule has 0 aromatic carbocycles. The smallest absolute Gasteiger partial charge is 0.337 e. The number of pyridine rings is 1. The van der Waals surface area contributed by atoms with E-state index in [1.807, 2.05) is 13.8 Å². The minimum atomic E-state index is -3.88. The van der Waals surface area contributed by atoms with E-state index in [9.17, 15) is 13.2 Å². The number of sulfonamides is 1. The molecule has 21 heavy (non-hydrogen) atoms. The molecule has 0 atom stereocenters. The van der Waals surface area contributed by atoms with Crippen molar-refractivity contribution < 1.29 is 18.3 Å². The van der Waals surface area contributed by atoms with Crippen molar-refractivity contribution in [3.63, 3.8) is 0 Å². The van der Waals surface area contributed by atoms with E-state index in [2.05, 4.69) is 14.8 Å². The molecule has 2 heterocycles. The third-order valence-corrected chi connectivity index (χ3v) is 3.94. The second kappa shape index (κ2) is 5.52. The molecule has 2 rings (SSSR count). The zero-order chi connectivity index (χ0) is 15.6. The molecular formula is C12H14N4O4S. The number of carbonyl (C=O) groups is 1. The van der Waals surface area contributed by atoms with Crippen LogP contribution >= 0.6 is 0 Å². The van der Waals surface area contributed by atoms with Gasteiger partial charge in [-0.2, -0.15) is 13.5 Å². The average Bonchev–Trinajstić information content (AvgIpc) is 2.87. The largest absolute Gasteiger partial charge is 0.478 e. The molecule has 0 radical (unpaired) electrons. The van der Waals surface area contributed by atoms with Crippen LogP contribution in [0.5, 0.6) is 0 Å². The maximum absolute atomic E-state index is 12.1. The lowest BCUT2D eigenvalue weighted by molar-refractivity contribution is 0.0696. The molecule has 0 saturated carbocycles. The van der Waals surface area contributed by atoms with E-state index < -0.39 is 16.0 Å². The molecule has 0 amide bonds. The number of nitrogens with zero attached hydrogens (tertiary/aromatic N) is 3. The van der Waals surface area contributed by atoms with Crippen molar-refractivity contribution in [3.05, 3.63) is 36.3 Å². The Bertz CT molecular complexity index is 750. The zero-order valence-electron chi connectivity index (χ0n) is 11.4. The maximum Gasteiger partial charge on any atom is 0.337 e. The summed E-state index contributed by atoms with van der Waals surface area (Å²) in [7, 11) is -3.88. The average molecular weight is 310 g/mol. The normalized spacial score (nSPS) is 11.6. The summed E-state index contributed by atoms with van der Waals surface area (Å²) in [6, 6.07) is 2.43. The van der Waals surface area contributed by atoms with Gasteiger partial charge in [-0.15, -0.1) is 0 Å². The van der Waals surface area contributed by atoms with Crippen LogP contribution in [0.1, 0.15) is 30.2 Å². The first kappa shape index (κ1) is 15.0. The van der Waals surface area contributed by atoms with E-state index in [1.165, 1.54) is 12.3 Å². The van der Waals surface area contributed by atoms with Crippen LogP contribution in [0, 0.1) is 0 Å². The number of carboxylic acids is 1. The van der Waals surface area contributed by atoms with Crippen molar-refractivity contribution in [3.8, 4) is 0 Å². The first-order chi connectivity index (χ1) is 9.79. The van der Waals surface area contributed by atoms with Gasteiger partial charge in [0.15, 0.2) is 5.03 Å². The van der Waals surface area contributed by atoms with Crippen LogP contribution in [0.25, 0.3) is 0 Å². The minimum absolute atomic E-state index is 0.0819. The van der Waals surface area contributed by atoms with Crippen LogP contribution in [-0.2, 0) is 10.0 Å². The molecule has 112 valence electrons. The number of rotatable bonds is 5. The van der Waals surface area contributed by atoms with E-state index in [0.29, 0.717) is 5.69 Å². The number of aromatic nitrogens is 3. The molecule has 0 aliphatic carbocycles. The Morgan fingerprint density at radius 1 is 1.33 bits per heavy atom. The fourth-order valence-electron chi connectivity index (χ4n) is 1.55. The first-order valence-corrected chi connectivity index (χ1v) is 7.54. The molecular weight excluding hydrogens is 296 g/mol. The highest BCUT2D eigenvalue weighted by Gasteiger charge is 2.17. The molecule has 2 N–H and O–H groups in total. The van der Waals surface area contributed by atoms with Gasteiger partial charge in [-0.05, 0) is 26.0 Å². The van der Waals surface area contributed by atoms with Crippen LogP contribution < -0.4 is 4.72 Å². The number of hydrogen-bond acceptors (Lipinski definition) is 5. The monoisotopic (exact) mass is 310 g/mol. The number of anilines is 1. The van der Waals surface area contributed by atoms with E-state index in [0.717, 1.165) is 12.3 Å². The molecule has 0 aliphatic rings. The number of carboxylic acid groups (broad SMARTS) is 1. The van der Waals surface area contributed by atoms with Gasteiger partial charge in [0.2, 0.25) is 0 Å². The van der Waals surface area contributed by atoms with Gasteiger partial charge in [-0.25, -0.2) is 9.78 Å². The lowest BCUT2D eigenvalue weighted by Gasteiger charge is -2.06. The predicted octanol–water partition coefficient (Wildman–Crippen LogP) is 1.36. The van der Waals surface area contributed by atoms with Gasteiger partial charge in [-0.3, -0.25) is 9.40 Å². The Morgan fingerprint density at radius 2 is 2.05 bits per heavy atom. The number of aromatic carboxylic acids is 1. The third kappa shape index (κ3) is 3.37. The van der Waals surface area contributed by atoms with Crippen LogP contribution in [-0.4, -0.2) is 34.3 Å². The highest BCUT2D eigenvalue weighted by Crippen LogP contribution is 2.15. The molecule has 0 aliphatic heterocycles. The van der Waals surface area contributed by atoms with Crippen molar-refractivity contribution in [1.82, 2.24) is 14.8 Å². The van der Waals surface area contributed by atoms with Gasteiger partial charge in [0.05, 0.1) is 17.4 Å². The van der Waals surface area contributed by atoms with Gasteiger partial charge in [0.25, 0.3) is 10.0 Å². The van der Waals surface area contributed by atoms with E-state index >= 15 is 0 Å². The molecule has 2 aromatic heterocycles. The van der Waals surface area contributed by atoms with E-state index in [1.54, 1.807) is 10.9 Å². The summed E-state index contributed by atoms with van der Waals surface area (Å²) in [5.41, 5.74) is 0.231. The quantitative estimate of drug-likeness (QED) is 0.861. The van der Waals surface area contributed by atoms with Gasteiger partial charge in [0, 0.05) is 18.4 Å². The fourth-order valence-corrected chi connectivity index (χ4v) is 2.51. The number of nitrogens with one attached hydrogen (secondary N) is 1. The predicted molar refractivity (Wildman–Crippen MR) is 74.6 cm³/mol. The Kier molecular flexibility index (Phi) is 3.94. The maximum atomic E-state index is 12.1. The summed E-state index contributed by atoms with van der Waals surface area (Å²) in [5, 5.41) is 12.5. The summed E-state index contributed by atoms with van der Waals surface area (Å²) >= 11 is 0. The second-order valence-corrected chi connectivity index (χ2v) is 6.23. The molecule has 0 unspecified atom stereocenters. The van der Waals surface area contributed by atoms with Crippen molar-refractivity contribution in [2.24, 2.45) is 0 Å². The van der Waals surface area contributed by atoms with Crippen LogP contribution in [0.2, 0.25) is 0 Å². The zero-order valence-corrected chi connectivity index (χ0v) is 12.2. The summed E-state index contributed by atoms with van der Waals surface area (Å²) in [6.45, 7) is 3.83. The summed E-state index contributed by atoms with van der Waals surface area (Å²) in [5.74, 6) is -1.17. The van der Waals surface area contributed by atoms with Gasteiger partial charge in [-0.1, -0.05) is 0 Å². The van der Waals surface area contributed by atoms with Gasteiger partial charge >= 0.3 is 5.97 Å². The molecule has 0 fully saturated rings. The van der Waals surface area contributed by atoms with E-state index in [-0.39, 0.29) is 16.6 Å². The van der Waals surface area contributed by atoms with Crippen molar-refractivity contribution in [2.75, 3.05) is 4.72 Å². The molecule has 2 aromatic rings. The Hall–Kier alpha value is -2.42. The Morgan fingerprint density at radius 3 is 2.52 bits per heavy atom. The van der Waals surface area contributed by atoms with Crippen molar-refractivity contribution in [1.29, 1.82) is 0 Å². The Balaban J connectivity index is 2.22. The SMILES string of the molecule is CC(C)n1cc(NS(=O)(=O)c2ccc(C(=O)O)cn2)cn1. The first-order valence-electron chi connectivity index (χ1n) is 6.06. The van der Waals surface area contributed by atoms with Gasteiger partial charge < -0.3 is 5.11 Å². The van der Waals surface area contributed by atoms with Crippen molar-refractivity contribution >= 4 is 21.7 Å². The van der Waals surface area contributed by atoms with Crippen LogP contribution in [0.15, 0.2) is 35.7 Å². The lowest BCUT2D eigenvalue weighted by Crippen LogP contribution is -2.14. The Labute approximate surface area is 121 Å². The lowest BCUT2D eigenvalue weighted by atomic mass is 10.3. The molecule has 0 bridgehead atoms. The fraction of sp³-hybridized carbons (Fsp3) is 0.250. The molecule has 0 spiro atoms. The highest BCUT2D eigenvalue weighted by molar-refractivity contribution is 7.92. The van der Waals surface area contributed by atoms with Crippen LogP contribution in [0.4, 0.5) is 5.69 Å². The minimum Gasteiger partial charge on any atom is -0.478 e. The second-order valence-electron chi connectivity index (χ2n) is 4.60. The van der Waals surface area contributed by atoms with Gasteiger partial charge in [0.1, 0.15) is 0 Å². The molecule has 9 heteroatoms. The topological polar surface area (TPSA) is 114 Å². The summed E-state index contributed by atoms with van der Waals surface area (Å²) in [6.07, 6.45) is 3.95. The molecule has 8 nitrogen and oxygen atoms in total. The van der Waals surface area contributed by atoms with Crippen molar-refractivity contribution in [2.45, 2.75) is 24.9 Å². The number of hydrogen-bond donors (Lipinski definition) is 2. The highest BCUT2D eigenvalue weighted by atomic mass is 32.2. The summed E-state index contributed by atoms with van der Waals surface area (Å²) in [4.78, 5) is 14.4. The standard InChI is InChI=1S/C12H14N4O4S/c1-8(2)16-7-10(6-14-16)15-21(19,20)11-4-3-9(5-13-11)12(17)18/h3-8,15H,1-2H3,(H,17,18). The summed E-state index contributed by atoms with van der Waals surface area (Å²) < 4.78 is 28.2. The third-order valence-electron chi connectivity index (χ3n) is 2.64. The molecule has 0 saturated heterocycles. The van der Waals surface area contributed by atoms with E-state index in [4.69, 9.17) is 5.11 Å².